The second kappa shape index (κ2) is 8.20. The Hall–Kier alpha value is -3.00. The van der Waals surface area contributed by atoms with E-state index in [9.17, 15) is 14.9 Å². The summed E-state index contributed by atoms with van der Waals surface area (Å²) in [6.45, 7) is 3.90. The minimum absolute atomic E-state index is 0.0270. The number of amides is 1. The molecule has 2 aromatic carbocycles. The second-order valence-corrected chi connectivity index (χ2v) is 5.50. The van der Waals surface area contributed by atoms with Gasteiger partial charge in [0.05, 0.1) is 17.1 Å². The number of rotatable bonds is 5. The first kappa shape index (κ1) is 18.3. The van der Waals surface area contributed by atoms with Crippen molar-refractivity contribution in [1.29, 1.82) is 0 Å². The number of para-hydroxylation sites is 1. The molecule has 0 aliphatic carbocycles. The van der Waals surface area contributed by atoms with Crippen LogP contribution < -0.4 is 15.4 Å². The van der Waals surface area contributed by atoms with Gasteiger partial charge in [-0.15, -0.1) is 0 Å². The Morgan fingerprint density at radius 2 is 2.00 bits per heavy atom. The lowest BCUT2D eigenvalue weighted by atomic mass is 10.2. The number of nitro groups is 1. The van der Waals surface area contributed by atoms with E-state index in [1.807, 2.05) is 6.92 Å². The molecule has 0 bridgehead atoms. The largest absolute Gasteiger partial charge is 0.493 e. The molecule has 0 saturated carbocycles. The lowest BCUT2D eigenvalue weighted by Gasteiger charge is -2.12. The predicted octanol–water partition coefficient (Wildman–Crippen LogP) is 3.43. The fourth-order valence-corrected chi connectivity index (χ4v) is 2.36. The zero-order chi connectivity index (χ0) is 18.4. The van der Waals surface area contributed by atoms with E-state index >= 15 is 0 Å². The molecule has 0 atom stereocenters. The van der Waals surface area contributed by atoms with Crippen LogP contribution in [0.2, 0.25) is 0 Å². The standard InChI is InChI=1S/C17H17N3O4S/c1-3-24-15-7-5-4-6-13(15)16(21)19-17(25)18-12-9-8-11(2)14(10-12)20(22)23/h4-10H,3H2,1-2H3,(H2,18,19,21,25). The number of nitrogens with one attached hydrogen (secondary N) is 2. The molecule has 2 N–H and O–H groups in total. The van der Waals surface area contributed by atoms with Crippen LogP contribution in [0.1, 0.15) is 22.8 Å². The number of anilines is 1. The smallest absolute Gasteiger partial charge is 0.274 e. The van der Waals surface area contributed by atoms with Crippen molar-refractivity contribution in [1.82, 2.24) is 5.32 Å². The topological polar surface area (TPSA) is 93.5 Å². The molecule has 0 aliphatic heterocycles. The summed E-state index contributed by atoms with van der Waals surface area (Å²) >= 11 is 5.11. The van der Waals surface area contributed by atoms with Gasteiger partial charge in [0, 0.05) is 17.3 Å². The predicted molar refractivity (Wildman–Crippen MR) is 99.1 cm³/mol. The molecule has 2 aromatic rings. The highest BCUT2D eigenvalue weighted by Crippen LogP contribution is 2.22. The van der Waals surface area contributed by atoms with E-state index in [-0.39, 0.29) is 10.8 Å². The Morgan fingerprint density at radius 3 is 2.68 bits per heavy atom. The highest BCUT2D eigenvalue weighted by Gasteiger charge is 2.15. The first-order valence-corrected chi connectivity index (χ1v) is 7.92. The third-order valence-corrected chi connectivity index (χ3v) is 3.53. The van der Waals surface area contributed by atoms with E-state index in [1.165, 1.54) is 6.07 Å². The first-order valence-electron chi connectivity index (χ1n) is 7.51. The Kier molecular flexibility index (Phi) is 6.02. The molecule has 1 amide bonds. The summed E-state index contributed by atoms with van der Waals surface area (Å²) in [5.74, 6) is 0.0273. The van der Waals surface area contributed by atoms with Gasteiger partial charge in [0.1, 0.15) is 5.75 Å². The van der Waals surface area contributed by atoms with Crippen LogP contribution >= 0.6 is 12.2 Å². The van der Waals surface area contributed by atoms with Gasteiger partial charge in [-0.1, -0.05) is 18.2 Å². The number of benzene rings is 2. The van der Waals surface area contributed by atoms with Gasteiger partial charge in [-0.25, -0.2) is 0 Å². The van der Waals surface area contributed by atoms with Crippen LogP contribution in [0.15, 0.2) is 42.5 Å². The number of aryl methyl sites for hydroxylation is 1. The van der Waals surface area contributed by atoms with Crippen LogP contribution in [0.25, 0.3) is 0 Å². The van der Waals surface area contributed by atoms with Gasteiger partial charge in [0.15, 0.2) is 5.11 Å². The van der Waals surface area contributed by atoms with Gasteiger partial charge in [-0.3, -0.25) is 20.2 Å². The lowest BCUT2D eigenvalue weighted by molar-refractivity contribution is -0.385. The highest BCUT2D eigenvalue weighted by molar-refractivity contribution is 7.80. The number of carbonyl (C=O) groups excluding carboxylic acids is 1. The summed E-state index contributed by atoms with van der Waals surface area (Å²) < 4.78 is 5.41. The molecular weight excluding hydrogens is 342 g/mol. The molecule has 0 saturated heterocycles. The zero-order valence-corrected chi connectivity index (χ0v) is 14.6. The van der Waals surface area contributed by atoms with Crippen molar-refractivity contribution in [2.75, 3.05) is 11.9 Å². The summed E-state index contributed by atoms with van der Waals surface area (Å²) in [6.07, 6.45) is 0. The van der Waals surface area contributed by atoms with Crippen molar-refractivity contribution >= 4 is 34.6 Å². The molecule has 0 aliphatic rings. The number of nitro benzene ring substituents is 1. The van der Waals surface area contributed by atoms with Crippen molar-refractivity contribution in [3.8, 4) is 5.75 Å². The molecular formula is C17H17N3O4S. The molecule has 8 heteroatoms. The number of carbonyl (C=O) groups is 1. The maximum atomic E-state index is 12.3. The molecule has 0 unspecified atom stereocenters. The summed E-state index contributed by atoms with van der Waals surface area (Å²) in [4.78, 5) is 22.9. The number of hydrogen-bond donors (Lipinski definition) is 2. The van der Waals surface area contributed by atoms with E-state index in [4.69, 9.17) is 17.0 Å². The van der Waals surface area contributed by atoms with Gasteiger partial charge in [0.2, 0.25) is 0 Å². The number of nitrogens with zero attached hydrogens (tertiary/aromatic N) is 1. The summed E-state index contributed by atoms with van der Waals surface area (Å²) in [7, 11) is 0. The Balaban J connectivity index is 2.09. The molecule has 130 valence electrons. The monoisotopic (exact) mass is 359 g/mol. The van der Waals surface area contributed by atoms with Crippen molar-refractivity contribution < 1.29 is 14.5 Å². The lowest BCUT2D eigenvalue weighted by Crippen LogP contribution is -2.34. The van der Waals surface area contributed by atoms with Gasteiger partial charge in [-0.2, -0.15) is 0 Å². The molecule has 0 fully saturated rings. The van der Waals surface area contributed by atoms with Crippen molar-refractivity contribution in [2.45, 2.75) is 13.8 Å². The van der Waals surface area contributed by atoms with Gasteiger partial charge < -0.3 is 10.1 Å². The summed E-state index contributed by atoms with van der Waals surface area (Å²) in [5, 5.41) is 16.3. The third kappa shape index (κ3) is 4.74. The Bertz CT molecular complexity index is 823. The molecule has 7 nitrogen and oxygen atoms in total. The van der Waals surface area contributed by atoms with Gasteiger partial charge in [-0.05, 0) is 44.3 Å². The zero-order valence-electron chi connectivity index (χ0n) is 13.7. The van der Waals surface area contributed by atoms with Crippen LogP contribution in [0.3, 0.4) is 0 Å². The minimum Gasteiger partial charge on any atom is -0.493 e. The number of hydrogen-bond acceptors (Lipinski definition) is 5. The van der Waals surface area contributed by atoms with Crippen LogP contribution in [0, 0.1) is 17.0 Å². The van der Waals surface area contributed by atoms with Crippen molar-refractivity contribution in [2.24, 2.45) is 0 Å². The van der Waals surface area contributed by atoms with E-state index in [0.29, 0.717) is 29.2 Å². The Labute approximate surface area is 150 Å². The van der Waals surface area contributed by atoms with E-state index < -0.39 is 10.8 Å². The maximum Gasteiger partial charge on any atom is 0.274 e. The van der Waals surface area contributed by atoms with Gasteiger partial charge in [0.25, 0.3) is 11.6 Å². The molecule has 25 heavy (non-hydrogen) atoms. The fourth-order valence-electron chi connectivity index (χ4n) is 2.15. The molecule has 0 radical (unpaired) electrons. The van der Waals surface area contributed by atoms with Crippen molar-refractivity contribution in [3.05, 3.63) is 63.7 Å². The third-order valence-electron chi connectivity index (χ3n) is 3.32. The molecule has 2 rings (SSSR count). The maximum absolute atomic E-state index is 12.3. The average Bonchev–Trinajstić information content (AvgIpc) is 2.57. The van der Waals surface area contributed by atoms with Crippen LogP contribution in [0.5, 0.6) is 5.75 Å². The van der Waals surface area contributed by atoms with E-state index in [1.54, 1.807) is 43.3 Å². The second-order valence-electron chi connectivity index (χ2n) is 5.10. The normalized spacial score (nSPS) is 10.0. The summed E-state index contributed by atoms with van der Waals surface area (Å²) in [5.41, 5.74) is 1.28. The highest BCUT2D eigenvalue weighted by atomic mass is 32.1. The minimum atomic E-state index is -0.472. The molecule has 0 aromatic heterocycles. The Morgan fingerprint density at radius 1 is 1.28 bits per heavy atom. The average molecular weight is 359 g/mol. The van der Waals surface area contributed by atoms with Crippen LogP contribution in [0.4, 0.5) is 11.4 Å². The fraction of sp³-hybridized carbons (Fsp3) is 0.176. The van der Waals surface area contributed by atoms with Crippen LogP contribution in [-0.4, -0.2) is 22.5 Å². The van der Waals surface area contributed by atoms with E-state index in [2.05, 4.69) is 10.6 Å². The molecule has 0 spiro atoms. The SMILES string of the molecule is CCOc1ccccc1C(=O)NC(=S)Nc1ccc(C)c([N+](=O)[O-])c1. The van der Waals surface area contributed by atoms with Crippen molar-refractivity contribution in [3.63, 3.8) is 0 Å². The van der Waals surface area contributed by atoms with E-state index in [0.717, 1.165) is 0 Å². The number of thiocarbonyl (C=S) groups is 1. The first-order chi connectivity index (χ1) is 11.9. The quantitative estimate of drug-likeness (QED) is 0.483. The van der Waals surface area contributed by atoms with Crippen LogP contribution in [-0.2, 0) is 0 Å². The molecule has 0 heterocycles. The van der Waals surface area contributed by atoms with Gasteiger partial charge >= 0.3 is 0 Å². The summed E-state index contributed by atoms with van der Waals surface area (Å²) in [6, 6.07) is 11.4. The number of ether oxygens (including phenoxy) is 1.